The monoisotopic (exact) mass is 552 g/mol. The molecule has 0 heterocycles. The van der Waals surface area contributed by atoms with Crippen molar-refractivity contribution >= 4 is 37.6 Å². The summed E-state index contributed by atoms with van der Waals surface area (Å²) < 4.78 is 60.1. The highest BCUT2D eigenvalue weighted by atomic mass is 32.2. The van der Waals surface area contributed by atoms with Gasteiger partial charge in [0.2, 0.25) is 0 Å². The van der Waals surface area contributed by atoms with Crippen LogP contribution in [0.4, 0.5) is 16.2 Å². The van der Waals surface area contributed by atoms with Crippen molar-refractivity contribution in [3.63, 3.8) is 0 Å². The van der Waals surface area contributed by atoms with Crippen LogP contribution in [0.15, 0.2) is 107 Å². The molecule has 2 N–H and O–H groups in total. The number of hydrogen-bond donors (Lipinski definition) is 2. The molecule has 0 fully saturated rings. The van der Waals surface area contributed by atoms with Crippen LogP contribution in [0.3, 0.4) is 0 Å². The number of rotatable bonds is 8. The summed E-state index contributed by atoms with van der Waals surface area (Å²) in [5, 5.41) is 5.23. The van der Waals surface area contributed by atoms with E-state index in [9.17, 15) is 21.6 Å². The summed E-state index contributed by atoms with van der Waals surface area (Å²) in [7, 11) is -7.98. The lowest BCUT2D eigenvalue weighted by Crippen LogP contribution is -2.19. The standard InChI is InChI=1S/C27H24N2O7S2/c1-19-8-17-26(18-20(19)2)38(33,34)36-24-15-11-22(12-16-24)29-27(30)28-21-9-13-23(14-10-21)35-37(31,32)25-6-4-3-5-7-25/h3-18H,1-2H3,(H2,28,29,30). The Bertz CT molecular complexity index is 1650. The molecular weight excluding hydrogens is 528 g/mol. The van der Waals surface area contributed by atoms with Gasteiger partial charge in [0.25, 0.3) is 0 Å². The van der Waals surface area contributed by atoms with Crippen molar-refractivity contribution in [3.05, 3.63) is 108 Å². The smallest absolute Gasteiger partial charge is 0.339 e. The summed E-state index contributed by atoms with van der Waals surface area (Å²) in [6, 6.07) is 23.6. The molecule has 4 aromatic carbocycles. The molecule has 0 saturated heterocycles. The average Bonchev–Trinajstić information content (AvgIpc) is 2.88. The maximum atomic E-state index is 12.6. The Balaban J connectivity index is 1.33. The van der Waals surface area contributed by atoms with Crippen LogP contribution < -0.4 is 19.0 Å². The Labute approximate surface area is 221 Å². The van der Waals surface area contributed by atoms with E-state index in [0.717, 1.165) is 11.1 Å². The van der Waals surface area contributed by atoms with Crippen LogP contribution in [0.25, 0.3) is 0 Å². The van der Waals surface area contributed by atoms with E-state index in [1.165, 1.54) is 66.7 Å². The molecule has 0 aromatic heterocycles. The van der Waals surface area contributed by atoms with Gasteiger partial charge in [0.1, 0.15) is 21.3 Å². The SMILES string of the molecule is Cc1ccc(S(=O)(=O)Oc2ccc(NC(=O)Nc3ccc(OS(=O)(=O)c4ccccc4)cc3)cc2)cc1C. The fourth-order valence-corrected chi connectivity index (χ4v) is 5.25. The Morgan fingerprint density at radius 3 is 1.53 bits per heavy atom. The second kappa shape index (κ2) is 11.0. The van der Waals surface area contributed by atoms with Gasteiger partial charge in [0.15, 0.2) is 0 Å². The second-order valence-corrected chi connectivity index (χ2v) is 11.4. The van der Waals surface area contributed by atoms with Crippen LogP contribution in [0.1, 0.15) is 11.1 Å². The van der Waals surface area contributed by atoms with Gasteiger partial charge in [-0.05, 0) is 97.8 Å². The zero-order chi connectivity index (χ0) is 27.3. The number of carbonyl (C=O) groups excluding carboxylic acids is 1. The minimum atomic E-state index is -4.01. The van der Waals surface area contributed by atoms with Gasteiger partial charge >= 0.3 is 26.3 Å². The number of benzene rings is 4. The lowest BCUT2D eigenvalue weighted by atomic mass is 10.1. The van der Waals surface area contributed by atoms with Crippen molar-refractivity contribution in [1.29, 1.82) is 0 Å². The Morgan fingerprint density at radius 1 is 0.579 bits per heavy atom. The highest BCUT2D eigenvalue weighted by Crippen LogP contribution is 2.23. The lowest BCUT2D eigenvalue weighted by Gasteiger charge is -2.11. The Morgan fingerprint density at radius 2 is 1.05 bits per heavy atom. The molecule has 0 aliphatic rings. The van der Waals surface area contributed by atoms with Crippen molar-refractivity contribution in [2.45, 2.75) is 23.6 Å². The van der Waals surface area contributed by atoms with E-state index in [1.54, 1.807) is 30.3 Å². The fourth-order valence-electron chi connectivity index (χ4n) is 3.29. The minimum Gasteiger partial charge on any atom is -0.379 e. The quantitative estimate of drug-likeness (QED) is 0.277. The third-order valence-electron chi connectivity index (χ3n) is 5.44. The molecule has 2 amide bonds. The van der Waals surface area contributed by atoms with Gasteiger partial charge in [-0.3, -0.25) is 0 Å². The first-order valence-corrected chi connectivity index (χ1v) is 14.1. The number of hydrogen-bond acceptors (Lipinski definition) is 7. The maximum Gasteiger partial charge on any atom is 0.339 e. The summed E-state index contributed by atoms with van der Waals surface area (Å²) in [6.45, 7) is 3.70. The molecule has 0 aliphatic carbocycles. The molecule has 4 aromatic rings. The molecule has 9 nitrogen and oxygen atoms in total. The van der Waals surface area contributed by atoms with E-state index in [2.05, 4.69) is 10.6 Å². The molecule has 11 heteroatoms. The first-order chi connectivity index (χ1) is 18.0. The average molecular weight is 553 g/mol. The highest BCUT2D eigenvalue weighted by molar-refractivity contribution is 7.87. The molecule has 0 unspecified atom stereocenters. The van der Waals surface area contributed by atoms with Crippen molar-refractivity contribution in [2.75, 3.05) is 10.6 Å². The van der Waals surface area contributed by atoms with Crippen molar-refractivity contribution in [2.24, 2.45) is 0 Å². The van der Waals surface area contributed by atoms with Gasteiger partial charge in [-0.25, -0.2) is 4.79 Å². The largest absolute Gasteiger partial charge is 0.379 e. The van der Waals surface area contributed by atoms with Gasteiger partial charge in [0, 0.05) is 11.4 Å². The minimum absolute atomic E-state index is 0.0286. The Kier molecular flexibility index (Phi) is 7.70. The number of aryl methyl sites for hydroxylation is 2. The number of anilines is 2. The molecule has 0 radical (unpaired) electrons. The first-order valence-electron chi connectivity index (χ1n) is 11.3. The van der Waals surface area contributed by atoms with E-state index in [0.29, 0.717) is 11.4 Å². The Hall–Kier alpha value is -4.35. The van der Waals surface area contributed by atoms with Crippen LogP contribution >= 0.6 is 0 Å². The van der Waals surface area contributed by atoms with Crippen LogP contribution in [-0.4, -0.2) is 22.9 Å². The first kappa shape index (κ1) is 26.7. The van der Waals surface area contributed by atoms with E-state index in [1.807, 2.05) is 13.8 Å². The number of urea groups is 1. The van der Waals surface area contributed by atoms with Crippen molar-refractivity contribution in [3.8, 4) is 11.5 Å². The summed E-state index contributed by atoms with van der Waals surface area (Å²) in [5.41, 5.74) is 2.59. The summed E-state index contributed by atoms with van der Waals surface area (Å²) in [6.07, 6.45) is 0. The van der Waals surface area contributed by atoms with Crippen LogP contribution in [-0.2, 0) is 20.2 Å². The van der Waals surface area contributed by atoms with E-state index in [-0.39, 0.29) is 21.3 Å². The maximum absolute atomic E-state index is 12.6. The predicted octanol–water partition coefficient (Wildman–Crippen LogP) is 5.48. The van der Waals surface area contributed by atoms with E-state index >= 15 is 0 Å². The highest BCUT2D eigenvalue weighted by Gasteiger charge is 2.18. The summed E-state index contributed by atoms with van der Waals surface area (Å²) in [5.74, 6) is 0.182. The molecule has 38 heavy (non-hydrogen) atoms. The molecule has 0 aliphatic heterocycles. The third kappa shape index (κ3) is 6.69. The van der Waals surface area contributed by atoms with Gasteiger partial charge in [0.05, 0.1) is 0 Å². The zero-order valence-corrected chi connectivity index (χ0v) is 22.0. The molecule has 196 valence electrons. The van der Waals surface area contributed by atoms with Crippen LogP contribution in [0.5, 0.6) is 11.5 Å². The number of carbonyl (C=O) groups is 1. The molecular formula is C27H24N2O7S2. The van der Waals surface area contributed by atoms with Gasteiger partial charge < -0.3 is 19.0 Å². The molecule has 0 saturated carbocycles. The molecule has 0 spiro atoms. The van der Waals surface area contributed by atoms with E-state index in [4.69, 9.17) is 8.37 Å². The summed E-state index contributed by atoms with van der Waals surface area (Å²) in [4.78, 5) is 12.4. The van der Waals surface area contributed by atoms with Crippen LogP contribution in [0, 0.1) is 13.8 Å². The fraction of sp³-hybridized carbons (Fsp3) is 0.0741. The normalized spacial score (nSPS) is 11.4. The van der Waals surface area contributed by atoms with Crippen molar-refractivity contribution < 1.29 is 30.0 Å². The second-order valence-electron chi connectivity index (χ2n) is 8.26. The summed E-state index contributed by atoms with van der Waals surface area (Å²) >= 11 is 0. The van der Waals surface area contributed by atoms with Crippen LogP contribution in [0.2, 0.25) is 0 Å². The van der Waals surface area contributed by atoms with Crippen molar-refractivity contribution in [1.82, 2.24) is 0 Å². The number of nitrogens with one attached hydrogen (secondary N) is 2. The topological polar surface area (TPSA) is 128 Å². The number of amides is 2. The van der Waals surface area contributed by atoms with E-state index < -0.39 is 26.3 Å². The lowest BCUT2D eigenvalue weighted by molar-refractivity contribution is 0.262. The van der Waals surface area contributed by atoms with Gasteiger partial charge in [-0.2, -0.15) is 16.8 Å². The van der Waals surface area contributed by atoms with Gasteiger partial charge in [-0.1, -0.05) is 24.3 Å². The predicted molar refractivity (Wildman–Crippen MR) is 144 cm³/mol. The zero-order valence-electron chi connectivity index (χ0n) is 20.4. The molecule has 4 rings (SSSR count). The molecule has 0 atom stereocenters. The third-order valence-corrected chi connectivity index (χ3v) is 7.94. The van der Waals surface area contributed by atoms with Gasteiger partial charge in [-0.15, -0.1) is 0 Å². The molecule has 0 bridgehead atoms.